The van der Waals surface area contributed by atoms with Crippen LogP contribution in [0.25, 0.3) is 0 Å². The molecule has 1 aromatic rings. The van der Waals surface area contributed by atoms with Gasteiger partial charge in [-0.2, -0.15) is 0 Å². The smallest absolute Gasteiger partial charge is 0.113 e. The Balaban J connectivity index is 0. The van der Waals surface area contributed by atoms with E-state index in [1.54, 1.807) is 0 Å². The first-order valence-electron chi connectivity index (χ1n) is 3.55. The minimum Gasteiger partial charge on any atom is -0.412 e. The minimum atomic E-state index is 0. The molecule has 0 aliphatic rings. The van der Waals surface area contributed by atoms with Gasteiger partial charge in [0.1, 0.15) is 7.85 Å². The van der Waals surface area contributed by atoms with Crippen molar-refractivity contribution in [2.24, 2.45) is 0 Å². The van der Waals surface area contributed by atoms with Crippen LogP contribution < -0.4 is 5.46 Å². The molecule has 4 N–H and O–H groups in total. The molecule has 0 unspecified atom stereocenters. The molecule has 0 heterocycles. The van der Waals surface area contributed by atoms with Crippen LogP contribution in [0.4, 0.5) is 0 Å². The lowest BCUT2D eigenvalue weighted by atomic mass is 9.91. The van der Waals surface area contributed by atoms with Crippen LogP contribution in [0.3, 0.4) is 0 Å². The van der Waals surface area contributed by atoms with Crippen molar-refractivity contribution in [2.45, 2.75) is 19.8 Å². The highest BCUT2D eigenvalue weighted by molar-refractivity contribution is 6.32. The van der Waals surface area contributed by atoms with Gasteiger partial charge in [-0.05, 0) is 11.5 Å². The van der Waals surface area contributed by atoms with Crippen molar-refractivity contribution in [3.8, 4) is 0 Å². The Labute approximate surface area is 74.6 Å². The van der Waals surface area contributed by atoms with Crippen LogP contribution in [0.2, 0.25) is 0 Å². The molecular formula is C9H15BO2. The lowest BCUT2D eigenvalue weighted by Crippen LogP contribution is -2.02. The molecule has 12 heavy (non-hydrogen) atoms. The number of rotatable bonds is 1. The summed E-state index contributed by atoms with van der Waals surface area (Å²) in [6.07, 6.45) is 0. The molecule has 0 saturated carbocycles. The predicted molar refractivity (Wildman–Crippen MR) is 53.1 cm³/mol. The van der Waals surface area contributed by atoms with Crippen molar-refractivity contribution < 1.29 is 11.0 Å². The maximum Gasteiger partial charge on any atom is 0.113 e. The molecule has 0 saturated heterocycles. The fraction of sp³-hybridized carbons (Fsp3) is 0.333. The number of hydrogen-bond acceptors (Lipinski definition) is 0. The summed E-state index contributed by atoms with van der Waals surface area (Å²) in [5, 5.41) is 0. The average molecular weight is 166 g/mol. The first-order chi connectivity index (χ1) is 4.70. The van der Waals surface area contributed by atoms with Crippen LogP contribution in [0.15, 0.2) is 24.3 Å². The normalized spacial score (nSPS) is 8.58. The van der Waals surface area contributed by atoms with Crippen molar-refractivity contribution in [3.05, 3.63) is 29.8 Å². The highest BCUT2D eigenvalue weighted by atomic mass is 16.0. The van der Waals surface area contributed by atoms with E-state index in [-0.39, 0.29) is 11.0 Å². The van der Waals surface area contributed by atoms with Crippen LogP contribution in [-0.4, -0.2) is 18.8 Å². The van der Waals surface area contributed by atoms with Gasteiger partial charge in [-0.1, -0.05) is 43.6 Å². The van der Waals surface area contributed by atoms with Crippen LogP contribution in [-0.2, 0) is 0 Å². The maximum absolute atomic E-state index is 5.60. The van der Waals surface area contributed by atoms with Crippen molar-refractivity contribution in [3.63, 3.8) is 0 Å². The van der Waals surface area contributed by atoms with Gasteiger partial charge in [0.25, 0.3) is 0 Å². The molecule has 0 aliphatic carbocycles. The van der Waals surface area contributed by atoms with Gasteiger partial charge >= 0.3 is 0 Å². The van der Waals surface area contributed by atoms with Crippen LogP contribution >= 0.6 is 0 Å². The first-order valence-corrected chi connectivity index (χ1v) is 3.55. The third-order valence-corrected chi connectivity index (χ3v) is 1.58. The Morgan fingerprint density at radius 3 is 2.08 bits per heavy atom. The molecule has 0 atom stereocenters. The molecule has 0 aliphatic heterocycles. The molecule has 1 aromatic carbocycles. The lowest BCUT2D eigenvalue weighted by molar-refractivity contribution is 0.823. The molecule has 66 valence electrons. The average Bonchev–Trinajstić information content (AvgIpc) is 1.88. The summed E-state index contributed by atoms with van der Waals surface area (Å²) in [6, 6.07) is 8.02. The van der Waals surface area contributed by atoms with Crippen molar-refractivity contribution in [1.82, 2.24) is 0 Å². The second kappa shape index (κ2) is 5.80. The molecule has 2 radical (unpaired) electrons. The van der Waals surface area contributed by atoms with Crippen LogP contribution in [0.1, 0.15) is 25.3 Å². The van der Waals surface area contributed by atoms with Crippen molar-refractivity contribution >= 4 is 13.3 Å². The van der Waals surface area contributed by atoms with Gasteiger partial charge in [0, 0.05) is 0 Å². The molecule has 0 aromatic heterocycles. The van der Waals surface area contributed by atoms with Crippen LogP contribution in [0.5, 0.6) is 0 Å². The third-order valence-electron chi connectivity index (χ3n) is 1.58. The summed E-state index contributed by atoms with van der Waals surface area (Å²) in [4.78, 5) is 0. The SMILES string of the molecule is O.O.[B]c1cccc(C(C)C)c1. The monoisotopic (exact) mass is 166 g/mol. The minimum absolute atomic E-state index is 0. The standard InChI is InChI=1S/C9H11B.2H2O/c1-7(2)8-4-3-5-9(10)6-8;;/h3-7H,1-2H3;2*1H2. The van der Waals surface area contributed by atoms with Gasteiger partial charge in [0.05, 0.1) is 0 Å². The van der Waals surface area contributed by atoms with E-state index < -0.39 is 0 Å². The summed E-state index contributed by atoms with van der Waals surface area (Å²) < 4.78 is 0. The van der Waals surface area contributed by atoms with E-state index in [0.717, 1.165) is 5.46 Å². The van der Waals surface area contributed by atoms with Gasteiger partial charge in [-0.3, -0.25) is 0 Å². The van der Waals surface area contributed by atoms with E-state index in [9.17, 15) is 0 Å². The molecule has 0 spiro atoms. The Bertz CT molecular complexity index is 224. The maximum atomic E-state index is 5.60. The Morgan fingerprint density at radius 1 is 1.17 bits per heavy atom. The van der Waals surface area contributed by atoms with Crippen molar-refractivity contribution in [1.29, 1.82) is 0 Å². The third kappa shape index (κ3) is 3.55. The topological polar surface area (TPSA) is 63.0 Å². The van der Waals surface area contributed by atoms with Crippen molar-refractivity contribution in [2.75, 3.05) is 0 Å². The molecule has 2 nitrogen and oxygen atoms in total. The van der Waals surface area contributed by atoms with E-state index in [2.05, 4.69) is 19.9 Å². The zero-order chi connectivity index (χ0) is 7.56. The summed E-state index contributed by atoms with van der Waals surface area (Å²) >= 11 is 0. The first kappa shape index (κ1) is 13.8. The Hall–Kier alpha value is -0.795. The number of hydrogen-bond donors (Lipinski definition) is 0. The second-order valence-corrected chi connectivity index (χ2v) is 2.82. The molecule has 0 fully saturated rings. The van der Waals surface area contributed by atoms with Gasteiger partial charge in [0.15, 0.2) is 0 Å². The fourth-order valence-electron chi connectivity index (χ4n) is 0.918. The molecule has 1 rings (SSSR count). The van der Waals surface area contributed by atoms with E-state index in [1.807, 2.05) is 18.2 Å². The molecule has 0 bridgehead atoms. The van der Waals surface area contributed by atoms with Crippen LogP contribution in [0, 0.1) is 0 Å². The van der Waals surface area contributed by atoms with Gasteiger partial charge < -0.3 is 11.0 Å². The van der Waals surface area contributed by atoms with E-state index in [0.29, 0.717) is 5.92 Å². The van der Waals surface area contributed by atoms with E-state index >= 15 is 0 Å². The van der Waals surface area contributed by atoms with Gasteiger partial charge in [-0.25, -0.2) is 0 Å². The largest absolute Gasteiger partial charge is 0.412 e. The molecule has 0 amide bonds. The summed E-state index contributed by atoms with van der Waals surface area (Å²) in [7, 11) is 5.60. The highest BCUT2D eigenvalue weighted by Crippen LogP contribution is 2.10. The summed E-state index contributed by atoms with van der Waals surface area (Å²) in [5.74, 6) is 0.573. The number of benzene rings is 1. The Morgan fingerprint density at radius 2 is 1.75 bits per heavy atom. The lowest BCUT2D eigenvalue weighted by Gasteiger charge is -2.04. The zero-order valence-corrected chi connectivity index (χ0v) is 7.46. The van der Waals surface area contributed by atoms with Gasteiger partial charge in [-0.15, -0.1) is 0 Å². The molecule has 3 heteroatoms. The predicted octanol–water partition coefficient (Wildman–Crippen LogP) is -0.0456. The zero-order valence-electron chi connectivity index (χ0n) is 7.46. The molecular weight excluding hydrogens is 151 g/mol. The van der Waals surface area contributed by atoms with Gasteiger partial charge in [0.2, 0.25) is 0 Å². The summed E-state index contributed by atoms with van der Waals surface area (Å²) in [5.41, 5.74) is 2.16. The fourth-order valence-corrected chi connectivity index (χ4v) is 0.918. The quantitative estimate of drug-likeness (QED) is 0.525. The second-order valence-electron chi connectivity index (χ2n) is 2.82. The summed E-state index contributed by atoms with van der Waals surface area (Å²) in [6.45, 7) is 4.32. The highest BCUT2D eigenvalue weighted by Gasteiger charge is 1.95. The Kier molecular flexibility index (Phi) is 6.66. The van der Waals surface area contributed by atoms with E-state index in [4.69, 9.17) is 7.85 Å². The van der Waals surface area contributed by atoms with E-state index in [1.165, 1.54) is 5.56 Å².